The Hall–Kier alpha value is -0.120. The first kappa shape index (κ1) is 12.0. The van der Waals surface area contributed by atoms with Crippen LogP contribution in [0.2, 0.25) is 0 Å². The maximum Gasteiger partial charge on any atom is 0.0895 e. The summed E-state index contributed by atoms with van der Waals surface area (Å²) in [4.78, 5) is 0. The van der Waals surface area contributed by atoms with Gasteiger partial charge < -0.3 is 15.5 Å². The van der Waals surface area contributed by atoms with E-state index in [1.165, 1.54) is 19.3 Å². The van der Waals surface area contributed by atoms with Crippen molar-refractivity contribution in [2.45, 2.75) is 45.3 Å². The Labute approximate surface area is 86.5 Å². The van der Waals surface area contributed by atoms with Gasteiger partial charge in [-0.3, -0.25) is 0 Å². The first-order valence-electron chi connectivity index (χ1n) is 5.65. The van der Waals surface area contributed by atoms with Crippen molar-refractivity contribution in [1.82, 2.24) is 5.32 Å². The molecule has 0 aromatic heterocycles. The van der Waals surface area contributed by atoms with Gasteiger partial charge >= 0.3 is 0 Å². The summed E-state index contributed by atoms with van der Waals surface area (Å²) in [5.41, 5.74) is 0. The van der Waals surface area contributed by atoms with Gasteiger partial charge in [0.1, 0.15) is 0 Å². The lowest BCUT2D eigenvalue weighted by Crippen LogP contribution is -2.43. The van der Waals surface area contributed by atoms with Gasteiger partial charge in [-0.05, 0) is 24.7 Å². The van der Waals surface area contributed by atoms with Crippen molar-refractivity contribution in [1.29, 1.82) is 0 Å². The molecule has 4 atom stereocenters. The minimum atomic E-state index is -0.612. The lowest BCUT2D eigenvalue weighted by Gasteiger charge is -2.33. The molecule has 1 fully saturated rings. The van der Waals surface area contributed by atoms with Crippen LogP contribution in [0, 0.1) is 11.8 Å². The predicted molar refractivity (Wildman–Crippen MR) is 57.1 cm³/mol. The van der Waals surface area contributed by atoms with Crippen molar-refractivity contribution in [3.63, 3.8) is 0 Å². The van der Waals surface area contributed by atoms with Gasteiger partial charge in [-0.25, -0.2) is 0 Å². The third-order valence-corrected chi connectivity index (χ3v) is 3.28. The molecule has 84 valence electrons. The summed E-state index contributed by atoms with van der Waals surface area (Å²) in [5, 5.41) is 21.3. The van der Waals surface area contributed by atoms with Crippen LogP contribution in [0.25, 0.3) is 0 Å². The molecule has 1 rings (SSSR count). The number of hydrogen-bond donors (Lipinski definition) is 3. The van der Waals surface area contributed by atoms with Crippen molar-refractivity contribution in [2.75, 3.05) is 13.2 Å². The molecule has 0 heterocycles. The number of rotatable bonds is 4. The quantitative estimate of drug-likeness (QED) is 0.629. The Kier molecular flexibility index (Phi) is 4.85. The molecular formula is C11H23NO2. The molecular weight excluding hydrogens is 178 g/mol. The molecule has 0 aliphatic heterocycles. The second-order valence-corrected chi connectivity index (χ2v) is 4.75. The van der Waals surface area contributed by atoms with Gasteiger partial charge in [0.25, 0.3) is 0 Å². The SMILES string of the molecule is CC1CCC(C)C(NCC(O)CO)C1. The van der Waals surface area contributed by atoms with E-state index < -0.39 is 6.10 Å². The van der Waals surface area contributed by atoms with Crippen LogP contribution in [0.3, 0.4) is 0 Å². The van der Waals surface area contributed by atoms with Crippen LogP contribution in [-0.4, -0.2) is 35.5 Å². The fraction of sp³-hybridized carbons (Fsp3) is 1.00. The fourth-order valence-corrected chi connectivity index (χ4v) is 2.17. The van der Waals surface area contributed by atoms with Gasteiger partial charge in [-0.2, -0.15) is 0 Å². The van der Waals surface area contributed by atoms with E-state index in [-0.39, 0.29) is 6.61 Å². The van der Waals surface area contributed by atoms with Crippen LogP contribution in [0.4, 0.5) is 0 Å². The van der Waals surface area contributed by atoms with Crippen LogP contribution >= 0.6 is 0 Å². The molecule has 0 aromatic rings. The molecule has 0 spiro atoms. The van der Waals surface area contributed by atoms with Crippen molar-refractivity contribution < 1.29 is 10.2 Å². The van der Waals surface area contributed by atoms with Crippen LogP contribution in [-0.2, 0) is 0 Å². The molecule has 0 radical (unpaired) electrons. The Bertz CT molecular complexity index is 163. The van der Waals surface area contributed by atoms with E-state index in [0.717, 1.165) is 5.92 Å². The van der Waals surface area contributed by atoms with Crippen molar-refractivity contribution >= 4 is 0 Å². The maximum absolute atomic E-state index is 9.23. The van der Waals surface area contributed by atoms with Crippen LogP contribution in [0.1, 0.15) is 33.1 Å². The summed E-state index contributed by atoms with van der Waals surface area (Å²) >= 11 is 0. The smallest absolute Gasteiger partial charge is 0.0895 e. The lowest BCUT2D eigenvalue weighted by molar-refractivity contribution is 0.0856. The molecule has 14 heavy (non-hydrogen) atoms. The standard InChI is InChI=1S/C11H23NO2/c1-8-3-4-9(2)11(5-8)12-6-10(14)7-13/h8-14H,3-7H2,1-2H3. The van der Waals surface area contributed by atoms with Gasteiger partial charge in [0, 0.05) is 12.6 Å². The van der Waals surface area contributed by atoms with Gasteiger partial charge in [-0.15, -0.1) is 0 Å². The lowest BCUT2D eigenvalue weighted by atomic mass is 9.80. The number of hydrogen-bond acceptors (Lipinski definition) is 3. The summed E-state index contributed by atoms with van der Waals surface area (Å²) < 4.78 is 0. The average molecular weight is 201 g/mol. The second-order valence-electron chi connectivity index (χ2n) is 4.75. The number of aliphatic hydroxyl groups is 2. The van der Waals surface area contributed by atoms with Crippen LogP contribution < -0.4 is 5.32 Å². The van der Waals surface area contributed by atoms with Gasteiger partial charge in [0.2, 0.25) is 0 Å². The summed E-state index contributed by atoms with van der Waals surface area (Å²) in [5.74, 6) is 1.48. The van der Waals surface area contributed by atoms with Gasteiger partial charge in [0.05, 0.1) is 12.7 Å². The highest BCUT2D eigenvalue weighted by molar-refractivity contribution is 4.81. The molecule has 3 heteroatoms. The number of aliphatic hydroxyl groups excluding tert-OH is 2. The molecule has 1 aliphatic carbocycles. The molecule has 0 saturated heterocycles. The zero-order valence-corrected chi connectivity index (χ0v) is 9.24. The van der Waals surface area contributed by atoms with Crippen LogP contribution in [0.5, 0.6) is 0 Å². The molecule has 3 nitrogen and oxygen atoms in total. The van der Waals surface area contributed by atoms with Crippen molar-refractivity contribution in [3.05, 3.63) is 0 Å². The zero-order chi connectivity index (χ0) is 10.6. The third-order valence-electron chi connectivity index (χ3n) is 3.28. The molecule has 0 amide bonds. The van der Waals surface area contributed by atoms with E-state index in [1.807, 2.05) is 0 Å². The molecule has 1 saturated carbocycles. The van der Waals surface area contributed by atoms with Crippen molar-refractivity contribution in [2.24, 2.45) is 11.8 Å². The predicted octanol–water partition coefficient (Wildman–Crippen LogP) is 0.754. The largest absolute Gasteiger partial charge is 0.394 e. The van der Waals surface area contributed by atoms with E-state index in [2.05, 4.69) is 19.2 Å². The first-order valence-corrected chi connectivity index (χ1v) is 5.65. The van der Waals surface area contributed by atoms with E-state index in [1.54, 1.807) is 0 Å². The first-order chi connectivity index (χ1) is 6.63. The topological polar surface area (TPSA) is 52.5 Å². The van der Waals surface area contributed by atoms with Gasteiger partial charge in [-0.1, -0.05) is 20.3 Å². The normalized spacial score (nSPS) is 35.6. The van der Waals surface area contributed by atoms with E-state index >= 15 is 0 Å². The zero-order valence-electron chi connectivity index (χ0n) is 9.24. The van der Waals surface area contributed by atoms with Crippen LogP contribution in [0.15, 0.2) is 0 Å². The Morgan fingerprint density at radius 3 is 2.71 bits per heavy atom. The summed E-state index contributed by atoms with van der Waals surface area (Å²) in [6, 6.07) is 0.514. The highest BCUT2D eigenvalue weighted by Gasteiger charge is 2.25. The number of nitrogens with one attached hydrogen (secondary N) is 1. The maximum atomic E-state index is 9.23. The summed E-state index contributed by atoms with van der Waals surface area (Å²) in [6.07, 6.45) is 3.18. The highest BCUT2D eigenvalue weighted by Crippen LogP contribution is 2.28. The molecule has 0 bridgehead atoms. The van der Waals surface area contributed by atoms with Crippen molar-refractivity contribution in [3.8, 4) is 0 Å². The third kappa shape index (κ3) is 3.56. The van der Waals surface area contributed by atoms with E-state index in [9.17, 15) is 5.11 Å². The second kappa shape index (κ2) is 5.69. The Morgan fingerprint density at radius 1 is 1.36 bits per heavy atom. The van der Waals surface area contributed by atoms with E-state index in [4.69, 9.17) is 5.11 Å². The summed E-state index contributed by atoms with van der Waals surface area (Å²) in [7, 11) is 0. The monoisotopic (exact) mass is 201 g/mol. The summed E-state index contributed by atoms with van der Waals surface area (Å²) in [6.45, 7) is 4.90. The van der Waals surface area contributed by atoms with Gasteiger partial charge in [0.15, 0.2) is 0 Å². The molecule has 0 aromatic carbocycles. The minimum Gasteiger partial charge on any atom is -0.394 e. The molecule has 4 unspecified atom stereocenters. The Balaban J connectivity index is 2.27. The molecule has 1 aliphatic rings. The van der Waals surface area contributed by atoms with E-state index in [0.29, 0.717) is 18.5 Å². The fourth-order valence-electron chi connectivity index (χ4n) is 2.17. The highest BCUT2D eigenvalue weighted by atomic mass is 16.3. The average Bonchev–Trinajstić information content (AvgIpc) is 2.19. The Morgan fingerprint density at radius 2 is 2.07 bits per heavy atom. The molecule has 3 N–H and O–H groups in total. The minimum absolute atomic E-state index is 0.149.